The predicted molar refractivity (Wildman–Crippen MR) is 66.8 cm³/mol. The average Bonchev–Trinajstić information content (AvgIpc) is 2.39. The summed E-state index contributed by atoms with van der Waals surface area (Å²) in [5.74, 6) is 0.773. The second-order valence-corrected chi connectivity index (χ2v) is 5.19. The Labute approximate surface area is 103 Å². The Balaban J connectivity index is 1.59. The lowest BCUT2D eigenvalue weighted by atomic mass is 9.94. The molecule has 0 spiro atoms. The number of rotatable bonds is 4. The van der Waals surface area contributed by atoms with E-state index in [0.717, 1.165) is 39.0 Å². The van der Waals surface area contributed by atoms with Crippen molar-refractivity contribution in [3.05, 3.63) is 0 Å². The number of ether oxygens (including phenoxy) is 1. The molecule has 1 unspecified atom stereocenters. The Kier molecular flexibility index (Phi) is 5.26. The van der Waals surface area contributed by atoms with Gasteiger partial charge in [0.15, 0.2) is 0 Å². The van der Waals surface area contributed by atoms with Crippen LogP contribution in [0, 0.1) is 5.92 Å². The molecule has 2 heterocycles. The highest BCUT2D eigenvalue weighted by Crippen LogP contribution is 2.16. The number of carbonyl (C=O) groups excluding carboxylic acids is 1. The molecule has 2 rings (SSSR count). The van der Waals surface area contributed by atoms with Gasteiger partial charge in [-0.05, 0) is 51.1 Å². The number of carbonyl (C=O) groups is 1. The van der Waals surface area contributed by atoms with E-state index in [1.54, 1.807) is 0 Å². The summed E-state index contributed by atoms with van der Waals surface area (Å²) < 4.78 is 5.59. The van der Waals surface area contributed by atoms with Gasteiger partial charge in [0.25, 0.3) is 0 Å². The first-order valence-electron chi connectivity index (χ1n) is 6.93. The summed E-state index contributed by atoms with van der Waals surface area (Å²) in [7, 11) is 0. The Bertz CT molecular complexity index is 234. The van der Waals surface area contributed by atoms with Gasteiger partial charge in [-0.25, -0.2) is 0 Å². The standard InChI is InChI=1S/C13H24N2O2/c16-13(9-11-4-6-14-7-5-11)15-10-12-3-1-2-8-17-12/h11-12,14H,1-10H2,(H,15,16). The molecular formula is C13H24N2O2. The summed E-state index contributed by atoms with van der Waals surface area (Å²) in [5, 5.41) is 6.34. The zero-order valence-electron chi connectivity index (χ0n) is 10.5. The van der Waals surface area contributed by atoms with E-state index < -0.39 is 0 Å². The van der Waals surface area contributed by atoms with E-state index in [9.17, 15) is 4.79 Å². The van der Waals surface area contributed by atoms with Crippen LogP contribution in [0.3, 0.4) is 0 Å². The fraction of sp³-hybridized carbons (Fsp3) is 0.923. The van der Waals surface area contributed by atoms with Crippen LogP contribution in [-0.4, -0.2) is 38.3 Å². The molecule has 0 aromatic rings. The molecule has 2 aliphatic rings. The summed E-state index contributed by atoms with van der Waals surface area (Å²) in [5.41, 5.74) is 0. The second-order valence-electron chi connectivity index (χ2n) is 5.19. The molecule has 1 atom stereocenters. The summed E-state index contributed by atoms with van der Waals surface area (Å²) in [6.45, 7) is 3.67. The first-order valence-corrected chi connectivity index (χ1v) is 6.93. The lowest BCUT2D eigenvalue weighted by molar-refractivity contribution is -0.123. The van der Waals surface area contributed by atoms with Crippen LogP contribution < -0.4 is 10.6 Å². The molecule has 4 heteroatoms. The van der Waals surface area contributed by atoms with Crippen molar-refractivity contribution in [2.24, 2.45) is 5.92 Å². The Morgan fingerprint density at radius 1 is 1.24 bits per heavy atom. The van der Waals surface area contributed by atoms with Crippen LogP contribution >= 0.6 is 0 Å². The Morgan fingerprint density at radius 2 is 2.06 bits per heavy atom. The maximum absolute atomic E-state index is 11.8. The minimum absolute atomic E-state index is 0.200. The van der Waals surface area contributed by atoms with Crippen molar-refractivity contribution < 1.29 is 9.53 Å². The maximum atomic E-state index is 11.8. The van der Waals surface area contributed by atoms with Crippen molar-refractivity contribution in [1.82, 2.24) is 10.6 Å². The molecule has 0 saturated carbocycles. The lowest BCUT2D eigenvalue weighted by Gasteiger charge is -2.24. The van der Waals surface area contributed by atoms with E-state index in [-0.39, 0.29) is 12.0 Å². The van der Waals surface area contributed by atoms with E-state index in [1.807, 2.05) is 0 Å². The molecule has 98 valence electrons. The molecule has 2 aliphatic heterocycles. The molecule has 17 heavy (non-hydrogen) atoms. The van der Waals surface area contributed by atoms with Crippen LogP contribution in [0.2, 0.25) is 0 Å². The van der Waals surface area contributed by atoms with Gasteiger partial charge < -0.3 is 15.4 Å². The highest BCUT2D eigenvalue weighted by atomic mass is 16.5. The molecule has 0 aliphatic carbocycles. The summed E-state index contributed by atoms with van der Waals surface area (Å²) in [6, 6.07) is 0. The highest BCUT2D eigenvalue weighted by molar-refractivity contribution is 5.76. The van der Waals surface area contributed by atoms with Gasteiger partial charge in [0.1, 0.15) is 0 Å². The van der Waals surface area contributed by atoms with Crippen molar-refractivity contribution in [2.45, 2.75) is 44.6 Å². The van der Waals surface area contributed by atoms with Gasteiger partial charge in [0.05, 0.1) is 6.10 Å². The third-order valence-electron chi connectivity index (χ3n) is 3.73. The van der Waals surface area contributed by atoms with Crippen LogP contribution in [0.1, 0.15) is 38.5 Å². The van der Waals surface area contributed by atoms with Gasteiger partial charge >= 0.3 is 0 Å². The second kappa shape index (κ2) is 6.97. The molecule has 0 aromatic carbocycles. The third-order valence-corrected chi connectivity index (χ3v) is 3.73. The fourth-order valence-electron chi connectivity index (χ4n) is 2.62. The van der Waals surface area contributed by atoms with E-state index in [4.69, 9.17) is 4.74 Å². The topological polar surface area (TPSA) is 50.4 Å². The first-order chi connectivity index (χ1) is 8.34. The van der Waals surface area contributed by atoms with Crippen molar-refractivity contribution in [3.8, 4) is 0 Å². The quantitative estimate of drug-likeness (QED) is 0.772. The molecule has 0 bridgehead atoms. The summed E-state index contributed by atoms with van der Waals surface area (Å²) in [6.07, 6.45) is 6.69. The molecule has 2 fully saturated rings. The molecule has 4 nitrogen and oxygen atoms in total. The lowest BCUT2D eigenvalue weighted by Crippen LogP contribution is -2.37. The number of amides is 1. The van der Waals surface area contributed by atoms with Crippen molar-refractivity contribution in [1.29, 1.82) is 0 Å². The monoisotopic (exact) mass is 240 g/mol. The van der Waals surface area contributed by atoms with Crippen molar-refractivity contribution >= 4 is 5.91 Å². The largest absolute Gasteiger partial charge is 0.376 e. The SMILES string of the molecule is O=C(CC1CCNCC1)NCC1CCCCO1. The van der Waals surface area contributed by atoms with Crippen molar-refractivity contribution in [2.75, 3.05) is 26.2 Å². The van der Waals surface area contributed by atoms with E-state index in [1.165, 1.54) is 12.8 Å². The van der Waals surface area contributed by atoms with Crippen LogP contribution in [0.25, 0.3) is 0 Å². The van der Waals surface area contributed by atoms with E-state index >= 15 is 0 Å². The van der Waals surface area contributed by atoms with E-state index in [2.05, 4.69) is 10.6 Å². The minimum atomic E-state index is 0.200. The zero-order valence-corrected chi connectivity index (χ0v) is 10.5. The number of hydrogen-bond acceptors (Lipinski definition) is 3. The van der Waals surface area contributed by atoms with Gasteiger partial charge in [-0.15, -0.1) is 0 Å². The van der Waals surface area contributed by atoms with Gasteiger partial charge in [-0.2, -0.15) is 0 Å². The Hall–Kier alpha value is -0.610. The van der Waals surface area contributed by atoms with Crippen LogP contribution in [0.4, 0.5) is 0 Å². The number of piperidine rings is 1. The first kappa shape index (κ1) is 12.8. The van der Waals surface area contributed by atoms with Crippen LogP contribution in [0.15, 0.2) is 0 Å². The third kappa shape index (κ3) is 4.64. The fourth-order valence-corrected chi connectivity index (χ4v) is 2.62. The smallest absolute Gasteiger partial charge is 0.220 e. The molecule has 2 saturated heterocycles. The predicted octanol–water partition coefficient (Wildman–Crippen LogP) is 1.06. The highest BCUT2D eigenvalue weighted by Gasteiger charge is 2.18. The van der Waals surface area contributed by atoms with Gasteiger partial charge in [0.2, 0.25) is 5.91 Å². The number of nitrogens with one attached hydrogen (secondary N) is 2. The zero-order chi connectivity index (χ0) is 11.9. The molecule has 0 aromatic heterocycles. The minimum Gasteiger partial charge on any atom is -0.376 e. The van der Waals surface area contributed by atoms with Crippen LogP contribution in [0.5, 0.6) is 0 Å². The maximum Gasteiger partial charge on any atom is 0.220 e. The van der Waals surface area contributed by atoms with E-state index in [0.29, 0.717) is 18.9 Å². The molecule has 2 N–H and O–H groups in total. The molecule has 1 amide bonds. The normalized spacial score (nSPS) is 26.7. The molecular weight excluding hydrogens is 216 g/mol. The van der Waals surface area contributed by atoms with Gasteiger partial charge in [-0.1, -0.05) is 0 Å². The van der Waals surface area contributed by atoms with Gasteiger partial charge in [-0.3, -0.25) is 4.79 Å². The molecule has 0 radical (unpaired) electrons. The van der Waals surface area contributed by atoms with Gasteiger partial charge in [0, 0.05) is 19.6 Å². The summed E-state index contributed by atoms with van der Waals surface area (Å²) in [4.78, 5) is 11.8. The number of hydrogen-bond donors (Lipinski definition) is 2. The van der Waals surface area contributed by atoms with Crippen LogP contribution in [-0.2, 0) is 9.53 Å². The van der Waals surface area contributed by atoms with Crippen molar-refractivity contribution in [3.63, 3.8) is 0 Å². The Morgan fingerprint density at radius 3 is 2.76 bits per heavy atom. The average molecular weight is 240 g/mol. The summed E-state index contributed by atoms with van der Waals surface area (Å²) >= 11 is 0.